The van der Waals surface area contributed by atoms with Crippen molar-refractivity contribution in [2.24, 2.45) is 5.92 Å². The Morgan fingerprint density at radius 2 is 1.81 bits per heavy atom. The van der Waals surface area contributed by atoms with Gasteiger partial charge < -0.3 is 20.0 Å². The third-order valence-corrected chi connectivity index (χ3v) is 5.30. The molecule has 7 nitrogen and oxygen atoms in total. The van der Waals surface area contributed by atoms with Crippen LogP contribution in [0.25, 0.3) is 0 Å². The fourth-order valence-electron chi connectivity index (χ4n) is 3.77. The van der Waals surface area contributed by atoms with Crippen LogP contribution in [0.15, 0.2) is 36.7 Å². The van der Waals surface area contributed by atoms with Crippen molar-refractivity contribution in [2.45, 2.75) is 31.5 Å². The van der Waals surface area contributed by atoms with Crippen molar-refractivity contribution in [3.63, 3.8) is 0 Å². The van der Waals surface area contributed by atoms with Gasteiger partial charge in [-0.2, -0.15) is 4.98 Å². The van der Waals surface area contributed by atoms with Crippen LogP contribution in [0.5, 0.6) is 0 Å². The number of aromatic nitrogens is 3. The molecule has 0 amide bonds. The summed E-state index contributed by atoms with van der Waals surface area (Å²) in [6.45, 7) is 2.88. The summed E-state index contributed by atoms with van der Waals surface area (Å²) < 4.78 is 0. The maximum Gasteiger partial charge on any atom is 0.227 e. The van der Waals surface area contributed by atoms with Gasteiger partial charge in [0.05, 0.1) is 12.2 Å². The number of hydrogen-bond donors (Lipinski definition) is 2. The fraction of sp³-hybridized carbons (Fsp3) is 0.526. The van der Waals surface area contributed by atoms with E-state index in [-0.39, 0.29) is 12.0 Å². The molecule has 0 aromatic carbocycles. The lowest BCUT2D eigenvalue weighted by Crippen LogP contribution is -2.36. The lowest BCUT2D eigenvalue weighted by Gasteiger charge is -2.31. The van der Waals surface area contributed by atoms with E-state index in [0.717, 1.165) is 50.4 Å². The molecule has 2 saturated heterocycles. The Labute approximate surface area is 153 Å². The molecule has 2 fully saturated rings. The number of anilines is 2. The average Bonchev–Trinajstić information content (AvgIpc) is 3.04. The van der Waals surface area contributed by atoms with Crippen LogP contribution in [-0.2, 0) is 6.42 Å². The van der Waals surface area contributed by atoms with Crippen molar-refractivity contribution in [1.82, 2.24) is 15.0 Å². The van der Waals surface area contributed by atoms with Crippen molar-refractivity contribution < 1.29 is 10.2 Å². The molecule has 2 N–H and O–H groups in total. The monoisotopic (exact) mass is 355 g/mol. The van der Waals surface area contributed by atoms with Gasteiger partial charge in [-0.15, -0.1) is 0 Å². The Bertz CT molecular complexity index is 721. The molecule has 2 aromatic rings. The second kappa shape index (κ2) is 7.55. The smallest absolute Gasteiger partial charge is 0.227 e. The zero-order valence-corrected chi connectivity index (χ0v) is 14.8. The van der Waals surface area contributed by atoms with E-state index in [2.05, 4.69) is 19.8 Å². The van der Waals surface area contributed by atoms with Crippen LogP contribution < -0.4 is 9.80 Å². The molecule has 0 aliphatic carbocycles. The molecule has 4 heterocycles. The molecule has 0 bridgehead atoms. The number of aliphatic hydroxyl groups excluding tert-OH is 2. The predicted molar refractivity (Wildman–Crippen MR) is 99.1 cm³/mol. The van der Waals surface area contributed by atoms with Crippen LogP contribution in [0, 0.1) is 5.92 Å². The molecule has 0 spiro atoms. The van der Waals surface area contributed by atoms with Crippen molar-refractivity contribution in [1.29, 1.82) is 0 Å². The summed E-state index contributed by atoms with van der Waals surface area (Å²) in [6, 6.07) is 7.79. The maximum atomic E-state index is 10.5. The number of pyridine rings is 1. The van der Waals surface area contributed by atoms with Gasteiger partial charge in [-0.05, 0) is 37.5 Å². The van der Waals surface area contributed by atoms with Gasteiger partial charge in [0.2, 0.25) is 5.95 Å². The summed E-state index contributed by atoms with van der Waals surface area (Å²) in [5.74, 6) is 1.68. The van der Waals surface area contributed by atoms with Crippen molar-refractivity contribution >= 4 is 11.8 Å². The summed E-state index contributed by atoms with van der Waals surface area (Å²) in [5.41, 5.74) is 1.000. The summed E-state index contributed by atoms with van der Waals surface area (Å²) in [4.78, 5) is 17.7. The van der Waals surface area contributed by atoms with E-state index in [1.807, 2.05) is 24.3 Å². The summed E-state index contributed by atoms with van der Waals surface area (Å²) in [6.07, 6.45) is 5.25. The molecular formula is C19H25N5O2. The third kappa shape index (κ3) is 3.78. The normalized spacial score (nSPS) is 24.2. The molecule has 7 heteroatoms. The number of piperidine rings is 1. The first-order chi connectivity index (χ1) is 12.7. The molecule has 2 aliphatic rings. The zero-order valence-electron chi connectivity index (χ0n) is 14.8. The Hall–Kier alpha value is -2.25. The highest BCUT2D eigenvalue weighted by Gasteiger charge is 2.33. The summed E-state index contributed by atoms with van der Waals surface area (Å²) >= 11 is 0. The van der Waals surface area contributed by atoms with Gasteiger partial charge in [-0.25, -0.2) is 4.98 Å². The molecular weight excluding hydrogens is 330 g/mol. The number of rotatable bonds is 4. The van der Waals surface area contributed by atoms with Crippen LogP contribution >= 0.6 is 0 Å². The van der Waals surface area contributed by atoms with E-state index in [0.29, 0.717) is 12.5 Å². The number of nitrogens with zero attached hydrogens (tertiary/aromatic N) is 5. The van der Waals surface area contributed by atoms with E-state index >= 15 is 0 Å². The maximum absolute atomic E-state index is 10.5. The molecule has 2 aliphatic heterocycles. The van der Waals surface area contributed by atoms with Crippen LogP contribution in [0.3, 0.4) is 0 Å². The van der Waals surface area contributed by atoms with Gasteiger partial charge in [0, 0.05) is 50.2 Å². The first-order valence-electron chi connectivity index (χ1n) is 9.28. The quantitative estimate of drug-likeness (QED) is 0.842. The lowest BCUT2D eigenvalue weighted by atomic mass is 10.00. The van der Waals surface area contributed by atoms with E-state index in [4.69, 9.17) is 4.98 Å². The van der Waals surface area contributed by atoms with E-state index in [1.54, 1.807) is 12.4 Å². The topological polar surface area (TPSA) is 85.6 Å². The lowest BCUT2D eigenvalue weighted by molar-refractivity contribution is 0.145. The number of β-amino-alcohol motifs (C(OH)–C–C–N with tert-alkyl or cyclic N) is 1. The van der Waals surface area contributed by atoms with E-state index < -0.39 is 6.10 Å². The molecule has 0 saturated carbocycles. The Balaban J connectivity index is 1.44. The molecule has 2 atom stereocenters. The minimum atomic E-state index is -0.408. The second-order valence-electron chi connectivity index (χ2n) is 7.19. The number of aliphatic hydroxyl groups is 2. The van der Waals surface area contributed by atoms with Crippen molar-refractivity contribution in [2.75, 3.05) is 36.0 Å². The molecule has 0 unspecified atom stereocenters. The highest BCUT2D eigenvalue weighted by Crippen LogP contribution is 2.26. The van der Waals surface area contributed by atoms with Gasteiger partial charge in [-0.3, -0.25) is 4.98 Å². The molecule has 0 radical (unpaired) electrons. The molecule has 138 valence electrons. The summed E-state index contributed by atoms with van der Waals surface area (Å²) in [7, 11) is 0. The van der Waals surface area contributed by atoms with Gasteiger partial charge >= 0.3 is 0 Å². The predicted octanol–water partition coefficient (Wildman–Crippen LogP) is 0.872. The van der Waals surface area contributed by atoms with E-state index in [9.17, 15) is 10.2 Å². The van der Waals surface area contributed by atoms with Crippen LogP contribution in [0.2, 0.25) is 0 Å². The van der Waals surface area contributed by atoms with Crippen molar-refractivity contribution in [3.05, 3.63) is 42.4 Å². The summed E-state index contributed by atoms with van der Waals surface area (Å²) in [5, 5.41) is 20.1. The Kier molecular flexibility index (Phi) is 4.99. The molecule has 4 rings (SSSR count). The molecule has 26 heavy (non-hydrogen) atoms. The number of hydrogen-bond acceptors (Lipinski definition) is 7. The highest BCUT2D eigenvalue weighted by molar-refractivity contribution is 5.45. The highest BCUT2D eigenvalue weighted by atomic mass is 16.3. The van der Waals surface area contributed by atoms with Crippen LogP contribution in [-0.4, -0.2) is 63.6 Å². The fourth-order valence-corrected chi connectivity index (χ4v) is 3.77. The third-order valence-electron chi connectivity index (χ3n) is 5.30. The molecule has 2 aromatic heterocycles. The standard InChI is InChI=1S/C19H25N5O2/c25-16-5-9-23(10-6-16)18-4-8-21-19(22-18)24-12-14(17(26)13-24)11-15-3-1-2-7-20-15/h1-4,7-8,14,16-17,25-26H,5-6,9-13H2/t14-,17-/m1/s1. The average molecular weight is 355 g/mol. The first-order valence-corrected chi connectivity index (χ1v) is 9.28. The van der Waals surface area contributed by atoms with E-state index in [1.165, 1.54) is 0 Å². The van der Waals surface area contributed by atoms with Crippen molar-refractivity contribution in [3.8, 4) is 0 Å². The van der Waals surface area contributed by atoms with Gasteiger partial charge in [0.1, 0.15) is 5.82 Å². The SMILES string of the molecule is OC1CCN(c2ccnc(N3C[C@@H](Cc4ccccn4)[C@H](O)C3)n2)CC1. The van der Waals surface area contributed by atoms with Crippen LogP contribution in [0.4, 0.5) is 11.8 Å². The Morgan fingerprint density at radius 1 is 0.962 bits per heavy atom. The van der Waals surface area contributed by atoms with Gasteiger partial charge in [-0.1, -0.05) is 6.07 Å². The zero-order chi connectivity index (χ0) is 17.9. The van der Waals surface area contributed by atoms with Crippen LogP contribution in [0.1, 0.15) is 18.5 Å². The largest absolute Gasteiger partial charge is 0.393 e. The first kappa shape index (κ1) is 17.2. The van der Waals surface area contributed by atoms with Gasteiger partial charge in [0.15, 0.2) is 0 Å². The Morgan fingerprint density at radius 3 is 2.58 bits per heavy atom. The van der Waals surface area contributed by atoms with Gasteiger partial charge in [0.25, 0.3) is 0 Å². The second-order valence-corrected chi connectivity index (χ2v) is 7.19. The minimum absolute atomic E-state index is 0.127. The minimum Gasteiger partial charge on any atom is -0.393 e.